The Bertz CT molecular complexity index is 317. The van der Waals surface area contributed by atoms with Gasteiger partial charge in [0.25, 0.3) is 5.56 Å². The van der Waals surface area contributed by atoms with Crippen molar-refractivity contribution in [3.05, 3.63) is 34.2 Å². The summed E-state index contributed by atoms with van der Waals surface area (Å²) in [6.07, 6.45) is 1.53. The third kappa shape index (κ3) is 1.54. The highest BCUT2D eigenvalue weighted by Gasteiger charge is 2.22. The molecule has 0 saturated heterocycles. The van der Waals surface area contributed by atoms with Crippen molar-refractivity contribution in [2.75, 3.05) is 6.61 Å². The lowest BCUT2D eigenvalue weighted by molar-refractivity contribution is 0.209. The van der Waals surface area contributed by atoms with Gasteiger partial charge in [0.05, 0.1) is 12.1 Å². The molecule has 0 amide bonds. The van der Waals surface area contributed by atoms with Gasteiger partial charge in [-0.15, -0.1) is 0 Å². The zero-order valence-electron chi connectivity index (χ0n) is 6.87. The molecule has 1 aromatic rings. The first-order valence-electron chi connectivity index (χ1n) is 3.66. The number of hydrogen-bond acceptors (Lipinski definition) is 3. The van der Waals surface area contributed by atoms with Crippen LogP contribution in [-0.4, -0.2) is 16.7 Å². The van der Waals surface area contributed by atoms with E-state index in [1.807, 2.05) is 0 Å². The van der Waals surface area contributed by atoms with Crippen LogP contribution < -0.4 is 11.3 Å². The van der Waals surface area contributed by atoms with Gasteiger partial charge in [-0.1, -0.05) is 6.07 Å². The van der Waals surface area contributed by atoms with E-state index in [9.17, 15) is 4.79 Å². The molecule has 0 spiro atoms. The van der Waals surface area contributed by atoms with Gasteiger partial charge < -0.3 is 15.8 Å². The number of aliphatic hydroxyl groups excluding tert-OH is 1. The van der Waals surface area contributed by atoms with Crippen LogP contribution in [0, 0.1) is 0 Å². The van der Waals surface area contributed by atoms with Gasteiger partial charge in [-0.3, -0.25) is 4.79 Å². The minimum absolute atomic E-state index is 0.250. The fourth-order valence-electron chi connectivity index (χ4n) is 0.956. The second kappa shape index (κ2) is 3.08. The van der Waals surface area contributed by atoms with Gasteiger partial charge in [-0.25, -0.2) is 0 Å². The molecule has 0 aliphatic carbocycles. The second-order valence-electron chi connectivity index (χ2n) is 2.99. The van der Waals surface area contributed by atoms with Crippen LogP contribution in [0.3, 0.4) is 0 Å². The molecule has 0 aromatic carbocycles. The molecule has 1 rings (SSSR count). The van der Waals surface area contributed by atoms with Gasteiger partial charge in [0.15, 0.2) is 0 Å². The van der Waals surface area contributed by atoms with Gasteiger partial charge >= 0.3 is 0 Å². The molecule has 1 aromatic heterocycles. The molecule has 0 bridgehead atoms. The third-order valence-electron chi connectivity index (χ3n) is 1.76. The first-order valence-corrected chi connectivity index (χ1v) is 3.66. The SMILES string of the molecule is C[C@@](N)(CO)c1ccc[nH]c1=O. The number of H-pyrrole nitrogens is 1. The molecule has 12 heavy (non-hydrogen) atoms. The molecular weight excluding hydrogens is 156 g/mol. The van der Waals surface area contributed by atoms with E-state index in [1.165, 1.54) is 6.20 Å². The summed E-state index contributed by atoms with van der Waals surface area (Å²) in [4.78, 5) is 13.7. The van der Waals surface area contributed by atoms with E-state index >= 15 is 0 Å². The first-order chi connectivity index (χ1) is 5.58. The van der Waals surface area contributed by atoms with Crippen molar-refractivity contribution in [1.29, 1.82) is 0 Å². The average Bonchev–Trinajstić information content (AvgIpc) is 2.05. The Balaban J connectivity index is 3.20. The summed E-state index contributed by atoms with van der Waals surface area (Å²) >= 11 is 0. The maximum Gasteiger partial charge on any atom is 0.253 e. The van der Waals surface area contributed by atoms with Gasteiger partial charge in [-0.2, -0.15) is 0 Å². The van der Waals surface area contributed by atoms with Crippen LogP contribution in [0.25, 0.3) is 0 Å². The van der Waals surface area contributed by atoms with Crippen molar-refractivity contribution < 1.29 is 5.11 Å². The summed E-state index contributed by atoms with van der Waals surface area (Å²) < 4.78 is 0. The molecule has 66 valence electrons. The van der Waals surface area contributed by atoms with Crippen molar-refractivity contribution in [1.82, 2.24) is 4.98 Å². The van der Waals surface area contributed by atoms with Crippen molar-refractivity contribution in [2.45, 2.75) is 12.5 Å². The molecular formula is C8H12N2O2. The molecule has 0 radical (unpaired) electrons. The molecule has 0 aliphatic heterocycles. The lowest BCUT2D eigenvalue weighted by Crippen LogP contribution is -2.41. The highest BCUT2D eigenvalue weighted by molar-refractivity contribution is 5.18. The molecule has 4 N–H and O–H groups in total. The van der Waals surface area contributed by atoms with E-state index in [0.29, 0.717) is 5.56 Å². The topological polar surface area (TPSA) is 79.1 Å². The largest absolute Gasteiger partial charge is 0.394 e. The number of pyridine rings is 1. The minimum atomic E-state index is -0.963. The number of hydrogen-bond donors (Lipinski definition) is 3. The van der Waals surface area contributed by atoms with E-state index in [-0.39, 0.29) is 12.2 Å². The van der Waals surface area contributed by atoms with Crippen molar-refractivity contribution >= 4 is 0 Å². The van der Waals surface area contributed by atoms with E-state index in [2.05, 4.69) is 4.98 Å². The van der Waals surface area contributed by atoms with Crippen LogP contribution in [-0.2, 0) is 5.54 Å². The highest BCUT2D eigenvalue weighted by Crippen LogP contribution is 2.10. The lowest BCUT2D eigenvalue weighted by Gasteiger charge is -2.20. The summed E-state index contributed by atoms with van der Waals surface area (Å²) in [6.45, 7) is 1.36. The average molecular weight is 168 g/mol. The molecule has 1 heterocycles. The molecule has 1 atom stereocenters. The van der Waals surface area contributed by atoms with Crippen LogP contribution in [0.15, 0.2) is 23.1 Å². The molecule has 4 heteroatoms. The van der Waals surface area contributed by atoms with E-state index < -0.39 is 5.54 Å². The Hall–Kier alpha value is -1.13. The predicted octanol–water partition coefficient (Wildman–Crippen LogP) is -0.459. The van der Waals surface area contributed by atoms with Gasteiger partial charge in [0, 0.05) is 11.8 Å². The van der Waals surface area contributed by atoms with Crippen LogP contribution in [0.1, 0.15) is 12.5 Å². The minimum Gasteiger partial charge on any atom is -0.394 e. The number of nitrogens with two attached hydrogens (primary N) is 1. The Kier molecular flexibility index (Phi) is 2.30. The van der Waals surface area contributed by atoms with Crippen molar-refractivity contribution in [3.8, 4) is 0 Å². The first kappa shape index (κ1) is 8.96. The molecule has 0 saturated carbocycles. The predicted molar refractivity (Wildman–Crippen MR) is 45.7 cm³/mol. The summed E-state index contributed by atoms with van der Waals surface area (Å²) in [5.41, 5.74) is 4.85. The quantitative estimate of drug-likeness (QED) is 0.559. The van der Waals surface area contributed by atoms with Gasteiger partial charge in [0.1, 0.15) is 0 Å². The number of aromatic nitrogens is 1. The Morgan fingerprint density at radius 3 is 2.92 bits per heavy atom. The summed E-state index contributed by atoms with van der Waals surface area (Å²) in [6, 6.07) is 3.28. The van der Waals surface area contributed by atoms with Gasteiger partial charge in [0.2, 0.25) is 0 Å². The number of aromatic amines is 1. The maximum atomic E-state index is 11.2. The highest BCUT2D eigenvalue weighted by atomic mass is 16.3. The standard InChI is InChI=1S/C8H12N2O2/c1-8(9,5-11)6-3-2-4-10-7(6)12/h2-4,11H,5,9H2,1H3,(H,10,12)/t8-/m1/s1. The smallest absolute Gasteiger partial charge is 0.253 e. The summed E-state index contributed by atoms with van der Waals surface area (Å²) in [7, 11) is 0. The molecule has 0 fully saturated rings. The van der Waals surface area contributed by atoms with Crippen molar-refractivity contribution in [3.63, 3.8) is 0 Å². The molecule has 0 aliphatic rings. The second-order valence-corrected chi connectivity index (χ2v) is 2.99. The summed E-state index contributed by atoms with van der Waals surface area (Å²) in [5, 5.41) is 8.89. The van der Waals surface area contributed by atoms with E-state index in [1.54, 1.807) is 19.1 Å². The third-order valence-corrected chi connectivity index (χ3v) is 1.76. The Morgan fingerprint density at radius 2 is 2.42 bits per heavy atom. The van der Waals surface area contributed by atoms with E-state index in [4.69, 9.17) is 10.8 Å². The molecule has 4 nitrogen and oxygen atoms in total. The molecule has 0 unspecified atom stereocenters. The number of rotatable bonds is 2. The lowest BCUT2D eigenvalue weighted by atomic mass is 9.96. The Labute approximate surface area is 70.0 Å². The summed E-state index contributed by atoms with van der Waals surface area (Å²) in [5.74, 6) is 0. The van der Waals surface area contributed by atoms with Crippen molar-refractivity contribution in [2.24, 2.45) is 5.73 Å². The van der Waals surface area contributed by atoms with Crippen LogP contribution in [0.2, 0.25) is 0 Å². The van der Waals surface area contributed by atoms with E-state index in [0.717, 1.165) is 0 Å². The fraction of sp³-hybridized carbons (Fsp3) is 0.375. The zero-order valence-corrected chi connectivity index (χ0v) is 6.87. The van der Waals surface area contributed by atoms with Gasteiger partial charge in [-0.05, 0) is 13.0 Å². The normalized spacial score (nSPS) is 15.6. The van der Waals surface area contributed by atoms with Crippen LogP contribution in [0.4, 0.5) is 0 Å². The Morgan fingerprint density at radius 1 is 1.75 bits per heavy atom. The fourth-order valence-corrected chi connectivity index (χ4v) is 0.956. The van der Waals surface area contributed by atoms with Crippen LogP contribution >= 0.6 is 0 Å². The number of aliphatic hydroxyl groups is 1. The van der Waals surface area contributed by atoms with Crippen LogP contribution in [0.5, 0.6) is 0 Å². The zero-order chi connectivity index (χ0) is 9.19. The number of nitrogens with one attached hydrogen (secondary N) is 1. The monoisotopic (exact) mass is 168 g/mol. The maximum absolute atomic E-state index is 11.2.